The molecule has 0 saturated carbocycles. The number of hydrogen-bond donors (Lipinski definition) is 1. The summed E-state index contributed by atoms with van der Waals surface area (Å²) in [6.07, 6.45) is 7.07. The van der Waals surface area contributed by atoms with E-state index in [1.807, 2.05) is 12.6 Å². The van der Waals surface area contributed by atoms with Gasteiger partial charge in [0.15, 0.2) is 0 Å². The van der Waals surface area contributed by atoms with Crippen LogP contribution < -0.4 is 5.32 Å². The van der Waals surface area contributed by atoms with Gasteiger partial charge in [0.2, 0.25) is 0 Å². The van der Waals surface area contributed by atoms with Crippen LogP contribution in [-0.2, 0) is 13.0 Å². The van der Waals surface area contributed by atoms with Crippen molar-refractivity contribution in [2.24, 2.45) is 5.92 Å². The minimum atomic E-state index is 0.658. The summed E-state index contributed by atoms with van der Waals surface area (Å²) in [5, 5.41) is 3.15. The van der Waals surface area contributed by atoms with Crippen molar-refractivity contribution >= 4 is 17.2 Å². The molecule has 1 atom stereocenters. The summed E-state index contributed by atoms with van der Waals surface area (Å²) >= 11 is 1.77. The summed E-state index contributed by atoms with van der Waals surface area (Å²) in [5.74, 6) is 1.57. The van der Waals surface area contributed by atoms with Gasteiger partial charge in [-0.1, -0.05) is 0 Å². The van der Waals surface area contributed by atoms with Crippen molar-refractivity contribution in [2.75, 3.05) is 25.5 Å². The number of nitrogens with one attached hydrogen (secondary N) is 1. The van der Waals surface area contributed by atoms with E-state index in [1.165, 1.54) is 30.0 Å². The van der Waals surface area contributed by atoms with Gasteiger partial charge in [0, 0.05) is 37.4 Å². The van der Waals surface area contributed by atoms with E-state index >= 15 is 0 Å². The van der Waals surface area contributed by atoms with Crippen LogP contribution in [0.5, 0.6) is 0 Å². The summed E-state index contributed by atoms with van der Waals surface area (Å²) < 4.78 is 0. The molecule has 3 rings (SSSR count). The molecule has 0 aliphatic carbocycles. The third kappa shape index (κ3) is 3.62. The fourth-order valence-corrected chi connectivity index (χ4v) is 3.96. The Bertz CT molecular complexity index is 612. The highest BCUT2D eigenvalue weighted by molar-refractivity contribution is 7.09. The van der Waals surface area contributed by atoms with Crippen LogP contribution >= 0.6 is 11.3 Å². The van der Waals surface area contributed by atoms with Gasteiger partial charge in [-0.2, -0.15) is 0 Å². The van der Waals surface area contributed by atoms with Crippen LogP contribution in [0.25, 0.3) is 0 Å². The maximum Gasteiger partial charge on any atom is 0.147 e. The molecule has 6 heteroatoms. The first-order valence-electron chi connectivity index (χ1n) is 7.85. The number of hydrogen-bond acceptors (Lipinski definition) is 6. The third-order valence-corrected chi connectivity index (χ3v) is 5.23. The number of rotatable bonds is 5. The Labute approximate surface area is 135 Å². The maximum absolute atomic E-state index is 4.51. The molecular formula is C16H23N5S. The first kappa shape index (κ1) is 15.4. The highest BCUT2D eigenvalue weighted by Crippen LogP contribution is 2.25. The van der Waals surface area contributed by atoms with Gasteiger partial charge >= 0.3 is 0 Å². The summed E-state index contributed by atoms with van der Waals surface area (Å²) in [4.78, 5) is 17.2. The lowest BCUT2D eigenvalue weighted by atomic mass is 9.93. The predicted molar refractivity (Wildman–Crippen MR) is 90.1 cm³/mol. The van der Waals surface area contributed by atoms with Crippen LogP contribution in [0.4, 0.5) is 5.82 Å². The lowest BCUT2D eigenvalue weighted by Gasteiger charge is -2.32. The molecule has 1 aliphatic heterocycles. The Kier molecular flexibility index (Phi) is 5.00. The van der Waals surface area contributed by atoms with Crippen molar-refractivity contribution in [3.8, 4) is 0 Å². The van der Waals surface area contributed by atoms with Gasteiger partial charge in [-0.25, -0.2) is 9.97 Å². The highest BCUT2D eigenvalue weighted by atomic mass is 32.1. The lowest BCUT2D eigenvalue weighted by molar-refractivity contribution is 0.167. The molecule has 1 fully saturated rings. The van der Waals surface area contributed by atoms with Crippen molar-refractivity contribution in [1.29, 1.82) is 0 Å². The molecule has 0 bridgehead atoms. The Morgan fingerprint density at radius 2 is 2.18 bits per heavy atom. The number of aromatic nitrogens is 3. The minimum absolute atomic E-state index is 0.658. The second-order valence-corrected chi connectivity index (χ2v) is 6.85. The number of anilines is 1. The molecule has 5 nitrogen and oxygen atoms in total. The van der Waals surface area contributed by atoms with Gasteiger partial charge in [-0.3, -0.25) is 9.88 Å². The van der Waals surface area contributed by atoms with E-state index in [4.69, 9.17) is 0 Å². The standard InChI is InChI=1S/C16H23N5S/c1-12-15(22-11-20-12)10-21-7-3-4-13(9-21)8-14-16(17-2)19-6-5-18-14/h5-6,11,13H,3-4,7-10H2,1-2H3,(H,17,19). The van der Waals surface area contributed by atoms with E-state index < -0.39 is 0 Å². The average Bonchev–Trinajstić information content (AvgIpc) is 2.93. The topological polar surface area (TPSA) is 53.9 Å². The largest absolute Gasteiger partial charge is 0.372 e. The maximum atomic E-state index is 4.51. The minimum Gasteiger partial charge on any atom is -0.372 e. The van der Waals surface area contributed by atoms with E-state index in [9.17, 15) is 0 Å². The monoisotopic (exact) mass is 317 g/mol. The third-order valence-electron chi connectivity index (χ3n) is 4.31. The predicted octanol–water partition coefficient (Wildman–Crippen LogP) is 2.74. The molecule has 1 unspecified atom stereocenters. The zero-order valence-electron chi connectivity index (χ0n) is 13.2. The molecule has 1 N–H and O–H groups in total. The Morgan fingerprint density at radius 3 is 2.95 bits per heavy atom. The van der Waals surface area contributed by atoms with Crippen LogP contribution in [0, 0.1) is 12.8 Å². The quantitative estimate of drug-likeness (QED) is 0.919. The van der Waals surface area contributed by atoms with Crippen molar-refractivity contribution in [3.63, 3.8) is 0 Å². The molecule has 0 spiro atoms. The smallest absolute Gasteiger partial charge is 0.147 e. The summed E-state index contributed by atoms with van der Waals surface area (Å²) in [7, 11) is 1.91. The first-order chi connectivity index (χ1) is 10.8. The molecule has 2 aromatic heterocycles. The van der Waals surface area contributed by atoms with Crippen molar-refractivity contribution in [3.05, 3.63) is 34.2 Å². The van der Waals surface area contributed by atoms with E-state index in [1.54, 1.807) is 23.7 Å². The molecule has 118 valence electrons. The fraction of sp³-hybridized carbons (Fsp3) is 0.562. The van der Waals surface area contributed by atoms with Crippen molar-refractivity contribution in [1.82, 2.24) is 19.9 Å². The first-order valence-corrected chi connectivity index (χ1v) is 8.73. The van der Waals surface area contributed by atoms with Crippen LogP contribution in [0.1, 0.15) is 29.1 Å². The van der Waals surface area contributed by atoms with E-state index in [0.29, 0.717) is 5.92 Å². The van der Waals surface area contributed by atoms with Crippen LogP contribution in [0.2, 0.25) is 0 Å². The van der Waals surface area contributed by atoms with Gasteiger partial charge in [0.25, 0.3) is 0 Å². The van der Waals surface area contributed by atoms with Crippen LogP contribution in [0.3, 0.4) is 0 Å². The number of aryl methyl sites for hydroxylation is 1. The van der Waals surface area contributed by atoms with E-state index in [-0.39, 0.29) is 0 Å². The van der Waals surface area contributed by atoms with Crippen LogP contribution in [-0.4, -0.2) is 40.0 Å². The number of piperidine rings is 1. The average molecular weight is 317 g/mol. The second-order valence-electron chi connectivity index (χ2n) is 5.91. The molecule has 22 heavy (non-hydrogen) atoms. The number of thiazole rings is 1. The Balaban J connectivity index is 1.62. The summed E-state index contributed by atoms with van der Waals surface area (Å²) in [6, 6.07) is 0. The van der Waals surface area contributed by atoms with Gasteiger partial charge < -0.3 is 5.32 Å². The molecule has 1 saturated heterocycles. The number of likely N-dealkylation sites (tertiary alicyclic amines) is 1. The molecule has 2 aromatic rings. The van der Waals surface area contributed by atoms with Crippen molar-refractivity contribution < 1.29 is 0 Å². The highest BCUT2D eigenvalue weighted by Gasteiger charge is 2.22. The van der Waals surface area contributed by atoms with Crippen LogP contribution in [0.15, 0.2) is 17.9 Å². The number of nitrogens with zero attached hydrogens (tertiary/aromatic N) is 4. The molecule has 1 aliphatic rings. The van der Waals surface area contributed by atoms with E-state index in [2.05, 4.69) is 32.1 Å². The fourth-order valence-electron chi connectivity index (χ4n) is 3.14. The SMILES string of the molecule is CNc1nccnc1CC1CCCN(Cc2scnc2C)C1. The summed E-state index contributed by atoms with van der Waals surface area (Å²) in [5.41, 5.74) is 4.22. The molecule has 0 amide bonds. The second kappa shape index (κ2) is 7.15. The van der Waals surface area contributed by atoms with Gasteiger partial charge in [-0.15, -0.1) is 11.3 Å². The zero-order chi connectivity index (χ0) is 15.4. The zero-order valence-corrected chi connectivity index (χ0v) is 14.1. The summed E-state index contributed by atoms with van der Waals surface area (Å²) in [6.45, 7) is 5.46. The molecular weight excluding hydrogens is 294 g/mol. The molecule has 3 heterocycles. The van der Waals surface area contributed by atoms with Gasteiger partial charge in [-0.05, 0) is 38.6 Å². The van der Waals surface area contributed by atoms with Crippen molar-refractivity contribution in [2.45, 2.75) is 32.7 Å². The Hall–Kier alpha value is -1.53. The van der Waals surface area contributed by atoms with E-state index in [0.717, 1.165) is 31.0 Å². The normalized spacial score (nSPS) is 19.3. The lowest BCUT2D eigenvalue weighted by Crippen LogP contribution is -2.35. The molecule has 0 aromatic carbocycles. The van der Waals surface area contributed by atoms with Gasteiger partial charge in [0.05, 0.1) is 16.9 Å². The Morgan fingerprint density at radius 1 is 1.32 bits per heavy atom. The molecule has 0 radical (unpaired) electrons. The van der Waals surface area contributed by atoms with Gasteiger partial charge in [0.1, 0.15) is 5.82 Å².